The van der Waals surface area contributed by atoms with Crippen molar-refractivity contribution in [2.24, 2.45) is 0 Å². The molecule has 4 unspecified atom stereocenters. The van der Waals surface area contributed by atoms with Crippen LogP contribution < -0.4 is 5.32 Å². The van der Waals surface area contributed by atoms with Gasteiger partial charge in [-0.15, -0.1) is 0 Å². The molecule has 0 amide bonds. The Hall–Kier alpha value is -0.120. The fraction of sp³-hybridized carbons (Fsp3) is 1.00. The van der Waals surface area contributed by atoms with E-state index in [0.717, 1.165) is 0 Å². The summed E-state index contributed by atoms with van der Waals surface area (Å²) in [6, 6.07) is 1.36. The van der Waals surface area contributed by atoms with Crippen LogP contribution in [-0.2, 0) is 4.74 Å². The van der Waals surface area contributed by atoms with E-state index in [0.29, 0.717) is 24.3 Å². The normalized spacial score (nSPS) is 46.2. The highest BCUT2D eigenvalue weighted by atomic mass is 16.5. The molecular formula is C12H22N2O. The minimum atomic E-state index is 0.530. The molecule has 4 atom stereocenters. The van der Waals surface area contributed by atoms with Crippen LogP contribution in [0.25, 0.3) is 0 Å². The van der Waals surface area contributed by atoms with E-state index in [1.54, 1.807) is 0 Å². The molecule has 1 N–H and O–H groups in total. The van der Waals surface area contributed by atoms with E-state index in [1.165, 1.54) is 45.2 Å². The highest BCUT2D eigenvalue weighted by Gasteiger charge is 2.41. The van der Waals surface area contributed by atoms with Gasteiger partial charge >= 0.3 is 0 Å². The third kappa shape index (κ3) is 2.05. The summed E-state index contributed by atoms with van der Waals surface area (Å²) in [7, 11) is 2.23. The first-order valence-corrected chi connectivity index (χ1v) is 6.41. The van der Waals surface area contributed by atoms with Crippen LogP contribution in [0, 0.1) is 0 Å². The minimum absolute atomic E-state index is 0.530. The molecule has 0 aromatic carbocycles. The van der Waals surface area contributed by atoms with Crippen molar-refractivity contribution in [3.63, 3.8) is 0 Å². The summed E-state index contributed by atoms with van der Waals surface area (Å²) in [5.41, 5.74) is 0. The molecule has 3 aliphatic heterocycles. The van der Waals surface area contributed by atoms with Crippen molar-refractivity contribution in [1.82, 2.24) is 10.2 Å². The Morgan fingerprint density at radius 1 is 1.27 bits per heavy atom. The number of nitrogens with one attached hydrogen (secondary N) is 1. The van der Waals surface area contributed by atoms with Gasteiger partial charge in [-0.3, -0.25) is 0 Å². The molecule has 3 nitrogen and oxygen atoms in total. The molecule has 0 aliphatic carbocycles. The zero-order valence-corrected chi connectivity index (χ0v) is 9.61. The average Bonchev–Trinajstić information content (AvgIpc) is 2.79. The topological polar surface area (TPSA) is 24.5 Å². The Morgan fingerprint density at radius 3 is 2.87 bits per heavy atom. The first kappa shape index (κ1) is 10.1. The number of rotatable bonds is 2. The number of piperidine rings is 1. The molecule has 3 rings (SSSR count). The Labute approximate surface area is 92.2 Å². The number of ether oxygens (including phenoxy) is 1. The second-order valence-corrected chi connectivity index (χ2v) is 5.48. The van der Waals surface area contributed by atoms with Gasteiger partial charge in [0.05, 0.1) is 12.2 Å². The molecule has 3 heterocycles. The molecule has 2 bridgehead atoms. The molecule has 15 heavy (non-hydrogen) atoms. The van der Waals surface area contributed by atoms with Gasteiger partial charge < -0.3 is 15.0 Å². The number of hydrogen-bond donors (Lipinski definition) is 1. The number of likely N-dealkylation sites (N-methyl/N-ethyl adjacent to an activating group) is 1. The molecule has 3 fully saturated rings. The van der Waals surface area contributed by atoms with Crippen LogP contribution in [0.4, 0.5) is 0 Å². The maximum absolute atomic E-state index is 5.88. The molecule has 3 saturated heterocycles. The van der Waals surface area contributed by atoms with Crippen molar-refractivity contribution in [3.8, 4) is 0 Å². The maximum Gasteiger partial charge on any atom is 0.0733 e. The lowest BCUT2D eigenvalue weighted by Gasteiger charge is -2.33. The Kier molecular flexibility index (Phi) is 2.71. The van der Waals surface area contributed by atoms with Gasteiger partial charge in [0.1, 0.15) is 0 Å². The lowest BCUT2D eigenvalue weighted by Crippen LogP contribution is -2.50. The zero-order valence-electron chi connectivity index (χ0n) is 9.61. The van der Waals surface area contributed by atoms with Crippen molar-refractivity contribution in [1.29, 1.82) is 0 Å². The Morgan fingerprint density at radius 2 is 2.20 bits per heavy atom. The van der Waals surface area contributed by atoms with E-state index in [-0.39, 0.29) is 0 Å². The maximum atomic E-state index is 5.88. The Bertz CT molecular complexity index is 234. The average molecular weight is 210 g/mol. The van der Waals surface area contributed by atoms with Gasteiger partial charge in [-0.05, 0) is 45.7 Å². The van der Waals surface area contributed by atoms with Gasteiger partial charge in [0.15, 0.2) is 0 Å². The molecule has 0 aromatic rings. The van der Waals surface area contributed by atoms with Gasteiger partial charge in [-0.2, -0.15) is 0 Å². The lowest BCUT2D eigenvalue weighted by atomic mass is 9.94. The van der Waals surface area contributed by atoms with Gasteiger partial charge in [0, 0.05) is 18.6 Å². The lowest BCUT2D eigenvalue weighted by molar-refractivity contribution is 0.0935. The number of fused-ring (bicyclic) bond motifs is 2. The molecule has 0 saturated carbocycles. The smallest absolute Gasteiger partial charge is 0.0733 e. The molecule has 0 aromatic heterocycles. The third-order valence-electron chi connectivity index (χ3n) is 4.18. The van der Waals surface area contributed by atoms with Crippen molar-refractivity contribution in [2.75, 3.05) is 20.1 Å². The van der Waals surface area contributed by atoms with Crippen LogP contribution in [-0.4, -0.2) is 49.3 Å². The van der Waals surface area contributed by atoms with Gasteiger partial charge in [0.2, 0.25) is 0 Å². The summed E-state index contributed by atoms with van der Waals surface area (Å²) in [4.78, 5) is 2.44. The van der Waals surface area contributed by atoms with E-state index in [2.05, 4.69) is 17.3 Å². The number of hydrogen-bond acceptors (Lipinski definition) is 3. The monoisotopic (exact) mass is 210 g/mol. The van der Waals surface area contributed by atoms with Crippen molar-refractivity contribution in [3.05, 3.63) is 0 Å². The molecule has 3 heteroatoms. The SMILES string of the molecule is CN1CCCC(NC2CC3CCC2O3)C1. The van der Waals surface area contributed by atoms with Crippen LogP contribution in [0.1, 0.15) is 32.1 Å². The second-order valence-electron chi connectivity index (χ2n) is 5.48. The second kappa shape index (κ2) is 4.04. The van der Waals surface area contributed by atoms with E-state index in [1.807, 2.05) is 0 Å². The van der Waals surface area contributed by atoms with Crippen LogP contribution in [0.2, 0.25) is 0 Å². The van der Waals surface area contributed by atoms with Crippen LogP contribution >= 0.6 is 0 Å². The summed E-state index contributed by atoms with van der Waals surface area (Å²) in [5.74, 6) is 0. The fourth-order valence-corrected chi connectivity index (χ4v) is 3.42. The van der Waals surface area contributed by atoms with Gasteiger partial charge in [0.25, 0.3) is 0 Å². The molecular weight excluding hydrogens is 188 g/mol. The van der Waals surface area contributed by atoms with Crippen LogP contribution in [0.5, 0.6) is 0 Å². The summed E-state index contributed by atoms with van der Waals surface area (Å²) in [6.07, 6.45) is 7.63. The first-order chi connectivity index (χ1) is 7.31. The summed E-state index contributed by atoms with van der Waals surface area (Å²) >= 11 is 0. The van der Waals surface area contributed by atoms with Crippen molar-refractivity contribution in [2.45, 2.75) is 56.4 Å². The molecule has 0 radical (unpaired) electrons. The van der Waals surface area contributed by atoms with E-state index in [9.17, 15) is 0 Å². The van der Waals surface area contributed by atoms with E-state index >= 15 is 0 Å². The first-order valence-electron chi connectivity index (χ1n) is 6.41. The molecule has 86 valence electrons. The zero-order chi connectivity index (χ0) is 10.3. The summed E-state index contributed by atoms with van der Waals surface area (Å²) in [5, 5.41) is 3.81. The summed E-state index contributed by atoms with van der Waals surface area (Å²) < 4.78 is 5.88. The number of likely N-dealkylation sites (tertiary alicyclic amines) is 1. The number of nitrogens with zero attached hydrogens (tertiary/aromatic N) is 1. The van der Waals surface area contributed by atoms with Gasteiger partial charge in [-0.25, -0.2) is 0 Å². The molecule has 0 spiro atoms. The van der Waals surface area contributed by atoms with Crippen LogP contribution in [0.15, 0.2) is 0 Å². The van der Waals surface area contributed by atoms with E-state index < -0.39 is 0 Å². The van der Waals surface area contributed by atoms with E-state index in [4.69, 9.17) is 4.74 Å². The molecule has 3 aliphatic rings. The van der Waals surface area contributed by atoms with Crippen molar-refractivity contribution < 1.29 is 4.74 Å². The van der Waals surface area contributed by atoms with Crippen molar-refractivity contribution >= 4 is 0 Å². The standard InChI is InChI=1S/C12H22N2O/c1-14-6-2-3-9(8-14)13-11-7-10-4-5-12(11)15-10/h9-13H,2-8H2,1H3. The van der Waals surface area contributed by atoms with Gasteiger partial charge in [-0.1, -0.05) is 0 Å². The predicted molar refractivity (Wildman–Crippen MR) is 60.0 cm³/mol. The highest BCUT2D eigenvalue weighted by molar-refractivity contribution is 4.96. The summed E-state index contributed by atoms with van der Waals surface area (Å²) in [6.45, 7) is 2.49. The fourth-order valence-electron chi connectivity index (χ4n) is 3.42. The minimum Gasteiger partial charge on any atom is -0.373 e. The van der Waals surface area contributed by atoms with Crippen LogP contribution in [0.3, 0.4) is 0 Å². The Balaban J connectivity index is 1.52. The predicted octanol–water partition coefficient (Wildman–Crippen LogP) is 0.990. The largest absolute Gasteiger partial charge is 0.373 e. The third-order valence-corrected chi connectivity index (χ3v) is 4.18. The quantitative estimate of drug-likeness (QED) is 0.735. The highest BCUT2D eigenvalue weighted by Crippen LogP contribution is 2.34.